The maximum atomic E-state index is 5.10. The highest BCUT2D eigenvalue weighted by molar-refractivity contribution is 7.27. The van der Waals surface area contributed by atoms with Crippen molar-refractivity contribution in [2.24, 2.45) is 0 Å². The van der Waals surface area contributed by atoms with Crippen LogP contribution in [0.5, 0.6) is 0 Å². The van der Waals surface area contributed by atoms with Crippen LogP contribution in [0.15, 0.2) is 231 Å². The third-order valence-corrected chi connectivity index (χ3v) is 13.8. The number of benzene rings is 9. The van der Waals surface area contributed by atoms with Crippen LogP contribution >= 0.6 is 11.3 Å². The largest absolute Gasteiger partial charge is 0.308 e. The molecule has 2 aromatic heterocycles. The van der Waals surface area contributed by atoms with Gasteiger partial charge in [-0.3, -0.25) is 4.98 Å². The highest BCUT2D eigenvalue weighted by Crippen LogP contribution is 2.59. The van der Waals surface area contributed by atoms with E-state index in [1.807, 2.05) is 17.5 Å². The van der Waals surface area contributed by atoms with Gasteiger partial charge in [0.25, 0.3) is 0 Å². The normalized spacial score (nSPS) is 12.7. The summed E-state index contributed by atoms with van der Waals surface area (Å²) in [7, 11) is 0. The van der Waals surface area contributed by atoms with Gasteiger partial charge in [0.2, 0.25) is 0 Å². The molecule has 2 heterocycles. The molecule has 0 fully saturated rings. The second kappa shape index (κ2) is 14.3. The van der Waals surface area contributed by atoms with E-state index in [4.69, 9.17) is 4.98 Å². The fourth-order valence-electron chi connectivity index (χ4n) is 9.90. The molecule has 0 bridgehead atoms. The van der Waals surface area contributed by atoms with Crippen LogP contribution < -0.4 is 4.90 Å². The highest BCUT2D eigenvalue weighted by Gasteiger charge is 2.46. The predicted octanol–water partition coefficient (Wildman–Crippen LogP) is 15.8. The molecule has 0 N–H and O–H groups in total. The van der Waals surface area contributed by atoms with Crippen LogP contribution in [0.4, 0.5) is 17.1 Å². The van der Waals surface area contributed by atoms with Crippen molar-refractivity contribution < 1.29 is 0 Å². The zero-order valence-electron chi connectivity index (χ0n) is 33.2. The quantitative estimate of drug-likeness (QED) is 0.160. The number of thiophene rings is 1. The van der Waals surface area contributed by atoms with Crippen LogP contribution in [0, 0.1) is 0 Å². The molecule has 0 atom stereocenters. The van der Waals surface area contributed by atoms with Gasteiger partial charge in [-0.05, 0) is 91.2 Å². The summed E-state index contributed by atoms with van der Waals surface area (Å²) in [6.45, 7) is 0. The van der Waals surface area contributed by atoms with Crippen molar-refractivity contribution in [1.82, 2.24) is 4.98 Å². The number of anilines is 3. The van der Waals surface area contributed by atoms with Crippen molar-refractivity contribution in [1.29, 1.82) is 0 Å². The molecule has 9 aromatic carbocycles. The van der Waals surface area contributed by atoms with Gasteiger partial charge in [-0.1, -0.05) is 194 Å². The molecule has 0 spiro atoms. The first kappa shape index (κ1) is 35.4. The highest BCUT2D eigenvalue weighted by atomic mass is 32.1. The van der Waals surface area contributed by atoms with Crippen LogP contribution in [-0.4, -0.2) is 4.98 Å². The topological polar surface area (TPSA) is 16.1 Å². The Morgan fingerprint density at radius 2 is 1.00 bits per heavy atom. The molecule has 61 heavy (non-hydrogen) atoms. The average Bonchev–Trinajstić information content (AvgIpc) is 3.87. The minimum Gasteiger partial charge on any atom is -0.308 e. The molecule has 1 aliphatic rings. The standard InChI is InChI=1S/C58H38N2S/c1-5-17-39(18-6-1)40-29-32-45(33-30-40)60(53-35-36-59-55-48-34-31-42-21-13-14-26-46(42)56(48)61-57(53)55)54-38-50-47-27-15-16-28-51(47)58(43-22-9-3-10-23-43,44-24-11-4-12-25-44)52(50)37-49(54)41-19-7-2-8-20-41/h1-38H. The predicted molar refractivity (Wildman–Crippen MR) is 257 cm³/mol. The molecule has 0 radical (unpaired) electrons. The molecule has 11 aromatic rings. The fraction of sp³-hybridized carbons (Fsp3) is 0.0172. The zero-order chi connectivity index (χ0) is 40.3. The molecule has 12 rings (SSSR count). The lowest BCUT2D eigenvalue weighted by atomic mass is 9.67. The average molecular weight is 795 g/mol. The number of pyridine rings is 1. The summed E-state index contributed by atoms with van der Waals surface area (Å²) in [5.74, 6) is 0. The number of hydrogen-bond donors (Lipinski definition) is 0. The lowest BCUT2D eigenvalue weighted by Gasteiger charge is -2.35. The Hall–Kier alpha value is -7.59. The van der Waals surface area contributed by atoms with Gasteiger partial charge in [0.05, 0.1) is 27.0 Å². The molecule has 0 saturated carbocycles. The second-order valence-electron chi connectivity index (χ2n) is 15.8. The molecule has 0 amide bonds. The summed E-state index contributed by atoms with van der Waals surface area (Å²) in [5, 5.41) is 3.67. The van der Waals surface area contributed by atoms with Crippen molar-refractivity contribution in [3.63, 3.8) is 0 Å². The Labute approximate surface area is 359 Å². The van der Waals surface area contributed by atoms with E-state index in [2.05, 4.69) is 229 Å². The van der Waals surface area contributed by atoms with Gasteiger partial charge < -0.3 is 4.90 Å². The first-order valence-electron chi connectivity index (χ1n) is 20.9. The van der Waals surface area contributed by atoms with Gasteiger partial charge in [0, 0.05) is 27.5 Å². The number of rotatable bonds is 7. The Balaban J connectivity index is 1.19. The zero-order valence-corrected chi connectivity index (χ0v) is 34.1. The van der Waals surface area contributed by atoms with Gasteiger partial charge >= 0.3 is 0 Å². The summed E-state index contributed by atoms with van der Waals surface area (Å²) in [4.78, 5) is 7.59. The van der Waals surface area contributed by atoms with E-state index in [1.54, 1.807) is 0 Å². The van der Waals surface area contributed by atoms with Gasteiger partial charge in [0.15, 0.2) is 0 Å². The molecule has 0 saturated heterocycles. The van der Waals surface area contributed by atoms with E-state index in [0.717, 1.165) is 38.4 Å². The van der Waals surface area contributed by atoms with E-state index in [0.29, 0.717) is 0 Å². The maximum Gasteiger partial charge on any atom is 0.0909 e. The SMILES string of the molecule is c1ccc(-c2ccc(N(c3cc4c(cc3-c3ccccc3)C(c3ccccc3)(c3ccccc3)c3ccccc3-4)c3ccnc4c3sc3c5ccccc5ccc43)cc2)cc1. The summed E-state index contributed by atoms with van der Waals surface area (Å²) < 4.78 is 2.41. The Morgan fingerprint density at radius 3 is 1.72 bits per heavy atom. The number of aromatic nitrogens is 1. The molecule has 0 unspecified atom stereocenters. The van der Waals surface area contributed by atoms with Crippen molar-refractivity contribution in [3.8, 4) is 33.4 Å². The maximum absolute atomic E-state index is 5.10. The Morgan fingerprint density at radius 1 is 0.393 bits per heavy atom. The van der Waals surface area contributed by atoms with Gasteiger partial charge in [-0.15, -0.1) is 11.3 Å². The van der Waals surface area contributed by atoms with E-state index >= 15 is 0 Å². The van der Waals surface area contributed by atoms with E-state index < -0.39 is 5.41 Å². The molecule has 0 aliphatic heterocycles. The third-order valence-electron chi connectivity index (χ3n) is 12.6. The van der Waals surface area contributed by atoms with Crippen molar-refractivity contribution in [3.05, 3.63) is 253 Å². The Kier molecular flexibility index (Phi) is 8.29. The monoisotopic (exact) mass is 794 g/mol. The van der Waals surface area contributed by atoms with Crippen LogP contribution in [0.3, 0.4) is 0 Å². The minimum absolute atomic E-state index is 0.533. The van der Waals surface area contributed by atoms with Crippen LogP contribution in [0.2, 0.25) is 0 Å². The minimum atomic E-state index is -0.533. The van der Waals surface area contributed by atoms with E-state index in [-0.39, 0.29) is 0 Å². The summed E-state index contributed by atoms with van der Waals surface area (Å²) in [6, 6.07) is 82.2. The van der Waals surface area contributed by atoms with E-state index in [1.165, 1.54) is 65.4 Å². The van der Waals surface area contributed by atoms with Crippen molar-refractivity contribution >= 4 is 59.5 Å². The smallest absolute Gasteiger partial charge is 0.0909 e. The first-order chi connectivity index (χ1) is 30.3. The number of fused-ring (bicyclic) bond motifs is 8. The van der Waals surface area contributed by atoms with Crippen LogP contribution in [0.1, 0.15) is 22.3 Å². The first-order valence-corrected chi connectivity index (χ1v) is 21.7. The number of nitrogens with zero attached hydrogens (tertiary/aromatic N) is 2. The second-order valence-corrected chi connectivity index (χ2v) is 16.9. The molecule has 286 valence electrons. The van der Waals surface area contributed by atoms with Gasteiger partial charge in [-0.2, -0.15) is 0 Å². The fourth-order valence-corrected chi connectivity index (χ4v) is 11.2. The van der Waals surface area contributed by atoms with E-state index in [9.17, 15) is 0 Å². The number of hydrogen-bond acceptors (Lipinski definition) is 3. The van der Waals surface area contributed by atoms with Crippen molar-refractivity contribution in [2.45, 2.75) is 5.41 Å². The van der Waals surface area contributed by atoms with Gasteiger partial charge in [-0.25, -0.2) is 0 Å². The molecular formula is C58H38N2S. The summed E-state index contributed by atoms with van der Waals surface area (Å²) in [5.41, 5.74) is 16.0. The summed E-state index contributed by atoms with van der Waals surface area (Å²) >= 11 is 1.84. The molecule has 2 nitrogen and oxygen atoms in total. The lowest BCUT2D eigenvalue weighted by molar-refractivity contribution is 0.769. The molecule has 3 heteroatoms. The lowest BCUT2D eigenvalue weighted by Crippen LogP contribution is -2.28. The summed E-state index contributed by atoms with van der Waals surface area (Å²) in [6.07, 6.45) is 1.99. The van der Waals surface area contributed by atoms with Crippen LogP contribution in [-0.2, 0) is 5.41 Å². The van der Waals surface area contributed by atoms with Gasteiger partial charge in [0.1, 0.15) is 0 Å². The molecule has 1 aliphatic carbocycles. The Bertz CT molecular complexity index is 3350. The van der Waals surface area contributed by atoms with Crippen LogP contribution in [0.25, 0.3) is 64.5 Å². The van der Waals surface area contributed by atoms with Crippen molar-refractivity contribution in [2.75, 3.05) is 4.90 Å². The molecular weight excluding hydrogens is 757 g/mol. The third kappa shape index (κ3) is 5.51.